The number of likely N-dealkylation sites (N-methyl/N-ethyl adjacent to an activating group) is 2. The number of phenols is 1. The van der Waals surface area contributed by atoms with Gasteiger partial charge in [0.1, 0.15) is 0 Å². The molecule has 0 aromatic heterocycles. The van der Waals surface area contributed by atoms with Crippen molar-refractivity contribution >= 4 is 29.9 Å². The van der Waals surface area contributed by atoms with E-state index in [0.717, 1.165) is 4.90 Å². The third-order valence-electron chi connectivity index (χ3n) is 4.52. The highest BCUT2D eigenvalue weighted by Crippen LogP contribution is 2.26. The average molecular weight is 399 g/mol. The van der Waals surface area contributed by atoms with Crippen molar-refractivity contribution in [1.29, 1.82) is 0 Å². The lowest BCUT2D eigenvalue weighted by molar-refractivity contribution is -0.527. The number of imide groups is 1. The van der Waals surface area contributed by atoms with Crippen LogP contribution in [-0.4, -0.2) is 82.7 Å². The standard InChI is InChI=1S/C19H22N6O4/c1-5-9-25-15-16(23(3)19(28)24(4)17(15)27)21-18(25)22-20-11-12-7-8-13(26)14(10-12)29-6-2/h5,7-8,10-11,15H,1,6,9H2,2-4H3,(H,20,26)/p+1. The largest absolute Gasteiger partial charge is 0.504 e. The fourth-order valence-corrected chi connectivity index (χ4v) is 3.07. The van der Waals surface area contributed by atoms with E-state index in [4.69, 9.17) is 4.74 Å². The number of nitrogens with one attached hydrogen (secondary N) is 1. The smallest absolute Gasteiger partial charge is 0.414 e. The number of ether oxygens (including phenoxy) is 1. The molecule has 1 aromatic carbocycles. The van der Waals surface area contributed by atoms with Gasteiger partial charge in [-0.05, 0) is 30.7 Å². The number of amidine groups is 1. The van der Waals surface area contributed by atoms with Gasteiger partial charge in [0.15, 0.2) is 11.5 Å². The summed E-state index contributed by atoms with van der Waals surface area (Å²) in [6.07, 6.45) is 3.17. The van der Waals surface area contributed by atoms with Gasteiger partial charge < -0.3 is 9.84 Å². The molecule has 10 nitrogen and oxygen atoms in total. The number of hydrogen-bond donors (Lipinski definition) is 2. The van der Waals surface area contributed by atoms with Crippen molar-refractivity contribution < 1.29 is 24.0 Å². The predicted octanol–water partition coefficient (Wildman–Crippen LogP) is 0.573. The van der Waals surface area contributed by atoms with Crippen molar-refractivity contribution in [3.8, 4) is 11.5 Å². The van der Waals surface area contributed by atoms with Crippen LogP contribution >= 0.6 is 0 Å². The summed E-state index contributed by atoms with van der Waals surface area (Å²) in [4.78, 5) is 31.6. The highest BCUT2D eigenvalue weighted by atomic mass is 16.5. The lowest BCUT2D eigenvalue weighted by atomic mass is 10.1. The van der Waals surface area contributed by atoms with Crippen LogP contribution in [0.1, 0.15) is 12.5 Å². The Kier molecular flexibility index (Phi) is 5.62. The number of guanidine groups is 1. The summed E-state index contributed by atoms with van der Waals surface area (Å²) >= 11 is 0. The van der Waals surface area contributed by atoms with Crippen molar-refractivity contribution in [3.63, 3.8) is 0 Å². The Morgan fingerprint density at radius 1 is 1.38 bits per heavy atom. The molecular formula is C19H23N6O4+. The summed E-state index contributed by atoms with van der Waals surface area (Å²) in [5.74, 6) is 0.701. The van der Waals surface area contributed by atoms with Gasteiger partial charge >= 0.3 is 12.0 Å². The Hall–Kier alpha value is -3.69. The number of carbonyl (C=O) groups is 2. The third kappa shape index (κ3) is 3.68. The molecule has 3 rings (SSSR count). The van der Waals surface area contributed by atoms with Crippen LogP contribution in [0.15, 0.2) is 40.9 Å². The first-order valence-electron chi connectivity index (χ1n) is 9.02. The van der Waals surface area contributed by atoms with Crippen LogP contribution in [0.25, 0.3) is 0 Å². The van der Waals surface area contributed by atoms with Gasteiger partial charge in [-0.25, -0.2) is 9.37 Å². The molecule has 0 aliphatic carbocycles. The van der Waals surface area contributed by atoms with Gasteiger partial charge in [0, 0.05) is 14.1 Å². The normalized spacial score (nSPS) is 19.0. The van der Waals surface area contributed by atoms with Crippen molar-refractivity contribution in [2.75, 3.05) is 27.2 Å². The molecule has 29 heavy (non-hydrogen) atoms. The highest BCUT2D eigenvalue weighted by Gasteiger charge is 2.51. The van der Waals surface area contributed by atoms with Crippen LogP contribution < -0.4 is 10.2 Å². The number of rotatable bonds is 6. The number of amides is 3. The molecular weight excluding hydrogens is 376 g/mol. The number of hydrogen-bond acceptors (Lipinski definition) is 7. The second-order valence-electron chi connectivity index (χ2n) is 6.41. The molecule has 2 heterocycles. The molecule has 152 valence electrons. The Balaban J connectivity index is 1.86. The van der Waals surface area contributed by atoms with Crippen LogP contribution in [0.2, 0.25) is 0 Å². The van der Waals surface area contributed by atoms with Gasteiger partial charge in [-0.2, -0.15) is 5.43 Å². The molecule has 0 radical (unpaired) electrons. The molecule has 1 atom stereocenters. The molecule has 2 aliphatic heterocycles. The van der Waals surface area contributed by atoms with E-state index >= 15 is 0 Å². The van der Waals surface area contributed by atoms with Crippen LogP contribution in [0.3, 0.4) is 0 Å². The summed E-state index contributed by atoms with van der Waals surface area (Å²) < 4.78 is 7.04. The van der Waals surface area contributed by atoms with E-state index in [1.54, 1.807) is 29.8 Å². The van der Waals surface area contributed by atoms with E-state index in [0.29, 0.717) is 36.3 Å². The number of hydrazone groups is 1. The second kappa shape index (κ2) is 8.13. The molecule has 10 heteroatoms. The van der Waals surface area contributed by atoms with Gasteiger partial charge in [0.25, 0.3) is 5.91 Å². The number of nitrogens with zero attached hydrogens (tertiary/aromatic N) is 5. The van der Waals surface area contributed by atoms with Crippen molar-refractivity contribution in [2.45, 2.75) is 13.0 Å². The number of urea groups is 1. The van der Waals surface area contributed by atoms with Crippen molar-refractivity contribution in [1.82, 2.24) is 15.2 Å². The molecule has 3 amide bonds. The molecule has 1 unspecified atom stereocenters. The summed E-state index contributed by atoms with van der Waals surface area (Å²) in [5.41, 5.74) is 3.52. The maximum atomic E-state index is 12.6. The zero-order valence-corrected chi connectivity index (χ0v) is 16.5. The molecule has 1 saturated heterocycles. The molecule has 2 N–H and O–H groups in total. The molecule has 0 bridgehead atoms. The first-order valence-corrected chi connectivity index (χ1v) is 9.02. The maximum absolute atomic E-state index is 12.6. The van der Waals surface area contributed by atoms with E-state index in [1.165, 1.54) is 24.2 Å². The van der Waals surface area contributed by atoms with Crippen molar-refractivity contribution in [3.05, 3.63) is 36.4 Å². The van der Waals surface area contributed by atoms with Gasteiger partial charge in [-0.15, -0.1) is 5.10 Å². The first kappa shape index (κ1) is 20.1. The minimum Gasteiger partial charge on any atom is -0.504 e. The fourth-order valence-electron chi connectivity index (χ4n) is 3.07. The van der Waals surface area contributed by atoms with Crippen LogP contribution in [0, 0.1) is 0 Å². The van der Waals surface area contributed by atoms with E-state index in [9.17, 15) is 14.7 Å². The lowest BCUT2D eigenvalue weighted by Gasteiger charge is -2.31. The molecule has 0 saturated carbocycles. The summed E-state index contributed by atoms with van der Waals surface area (Å²) in [6.45, 7) is 6.31. The molecule has 0 spiro atoms. The van der Waals surface area contributed by atoms with Crippen LogP contribution in [0.5, 0.6) is 11.5 Å². The van der Waals surface area contributed by atoms with Gasteiger partial charge in [-0.1, -0.05) is 17.6 Å². The van der Waals surface area contributed by atoms with Crippen LogP contribution in [-0.2, 0) is 4.79 Å². The first-order chi connectivity index (χ1) is 13.9. The zero-order valence-electron chi connectivity index (χ0n) is 16.5. The summed E-state index contributed by atoms with van der Waals surface area (Å²) in [7, 11) is 3.01. The zero-order chi connectivity index (χ0) is 21.1. The quantitative estimate of drug-likeness (QED) is 0.315. The maximum Gasteiger partial charge on any atom is 0.414 e. The van der Waals surface area contributed by atoms with Gasteiger partial charge in [0.2, 0.25) is 11.9 Å². The summed E-state index contributed by atoms with van der Waals surface area (Å²) in [5, 5.41) is 14.0. The predicted molar refractivity (Wildman–Crippen MR) is 107 cm³/mol. The number of aliphatic imine (C=N–C) groups is 1. The minimum absolute atomic E-state index is 0.0464. The topological polar surface area (TPSA) is 110 Å². The monoisotopic (exact) mass is 399 g/mol. The van der Waals surface area contributed by atoms with E-state index in [1.807, 2.05) is 6.92 Å². The third-order valence-corrected chi connectivity index (χ3v) is 4.52. The Morgan fingerprint density at radius 2 is 2.14 bits per heavy atom. The van der Waals surface area contributed by atoms with Gasteiger partial charge in [0.05, 0.1) is 19.4 Å². The average Bonchev–Trinajstić information content (AvgIpc) is 3.06. The number of carbonyl (C=O) groups excluding carboxylic acids is 2. The van der Waals surface area contributed by atoms with E-state index < -0.39 is 12.1 Å². The molecule has 1 fully saturated rings. The fraction of sp³-hybridized carbons (Fsp3) is 0.316. The second-order valence-corrected chi connectivity index (χ2v) is 6.41. The Bertz CT molecular complexity index is 952. The number of aromatic hydroxyl groups is 1. The number of phenolic OH excluding ortho intramolecular Hbond substituents is 1. The van der Waals surface area contributed by atoms with E-state index in [2.05, 4.69) is 22.1 Å². The van der Waals surface area contributed by atoms with Gasteiger partial charge in [-0.3, -0.25) is 14.6 Å². The molecule has 1 aromatic rings. The van der Waals surface area contributed by atoms with E-state index in [-0.39, 0.29) is 11.7 Å². The Morgan fingerprint density at radius 3 is 2.83 bits per heavy atom. The molecule has 2 aliphatic rings. The SMILES string of the molecule is C=CC[N+]1=C(N/N=C/c2ccc(O)c(OCC)c2)N=C2C1C(=O)N(C)C(=O)N2C. The lowest BCUT2D eigenvalue weighted by Crippen LogP contribution is -2.61. The van der Waals surface area contributed by atoms with Crippen LogP contribution in [0.4, 0.5) is 4.79 Å². The number of fused-ring (bicyclic) bond motifs is 1. The minimum atomic E-state index is -0.725. The highest BCUT2D eigenvalue weighted by molar-refractivity contribution is 6.22. The summed E-state index contributed by atoms with van der Waals surface area (Å²) in [6, 6.07) is 3.68. The number of benzene rings is 1. The van der Waals surface area contributed by atoms with Crippen molar-refractivity contribution in [2.24, 2.45) is 10.1 Å². The Labute approximate surface area is 168 Å².